The lowest BCUT2D eigenvalue weighted by atomic mass is 10.2. The molecule has 0 radical (unpaired) electrons. The number of carbonyl (C=O) groups is 1. The Balaban J connectivity index is 2.24. The number of nitrogens with zero attached hydrogens (tertiary/aromatic N) is 3. The molecule has 6 nitrogen and oxygen atoms in total. The smallest absolute Gasteiger partial charge is 0.271 e. The molecule has 118 valence electrons. The summed E-state index contributed by atoms with van der Waals surface area (Å²) >= 11 is 0. The van der Waals surface area contributed by atoms with Crippen molar-refractivity contribution in [2.24, 2.45) is 0 Å². The molecule has 0 saturated heterocycles. The highest BCUT2D eigenvalue weighted by Crippen LogP contribution is 2.02. The van der Waals surface area contributed by atoms with Crippen LogP contribution in [0, 0.1) is 0 Å². The van der Waals surface area contributed by atoms with Crippen LogP contribution in [-0.2, 0) is 0 Å². The summed E-state index contributed by atoms with van der Waals surface area (Å²) in [5.41, 5.74) is 0.357. The van der Waals surface area contributed by atoms with Gasteiger partial charge in [0.1, 0.15) is 5.82 Å². The van der Waals surface area contributed by atoms with E-state index in [1.165, 1.54) is 0 Å². The van der Waals surface area contributed by atoms with Crippen molar-refractivity contribution in [1.29, 1.82) is 0 Å². The van der Waals surface area contributed by atoms with Gasteiger partial charge in [0, 0.05) is 19.1 Å². The molecule has 0 aromatic carbocycles. The van der Waals surface area contributed by atoms with Gasteiger partial charge in [-0.2, -0.15) is 0 Å². The first-order chi connectivity index (χ1) is 10.0. The van der Waals surface area contributed by atoms with Crippen LogP contribution in [0.15, 0.2) is 12.1 Å². The molecule has 21 heavy (non-hydrogen) atoms. The van der Waals surface area contributed by atoms with Crippen LogP contribution in [0.3, 0.4) is 0 Å². The summed E-state index contributed by atoms with van der Waals surface area (Å²) in [6, 6.07) is 4.01. The Kier molecular flexibility index (Phi) is 7.68. The zero-order chi connectivity index (χ0) is 15.7. The molecule has 0 bridgehead atoms. The summed E-state index contributed by atoms with van der Waals surface area (Å²) in [5.74, 6) is 0.522. The Morgan fingerprint density at radius 2 is 2.05 bits per heavy atom. The molecule has 1 aromatic heterocycles. The van der Waals surface area contributed by atoms with Crippen molar-refractivity contribution in [2.75, 3.05) is 32.0 Å². The van der Waals surface area contributed by atoms with Crippen LogP contribution in [0.25, 0.3) is 0 Å². The first-order valence-electron chi connectivity index (χ1n) is 7.60. The van der Waals surface area contributed by atoms with E-state index in [1.807, 2.05) is 6.92 Å². The zero-order valence-electron chi connectivity index (χ0n) is 13.5. The third-order valence-electron chi connectivity index (χ3n) is 3.36. The minimum absolute atomic E-state index is 0.164. The molecule has 0 aliphatic rings. The van der Waals surface area contributed by atoms with Crippen molar-refractivity contribution >= 4 is 11.7 Å². The Labute approximate surface area is 127 Å². The van der Waals surface area contributed by atoms with E-state index in [-0.39, 0.29) is 5.91 Å². The van der Waals surface area contributed by atoms with Crippen molar-refractivity contribution in [1.82, 2.24) is 20.4 Å². The molecule has 0 fully saturated rings. The van der Waals surface area contributed by atoms with Crippen molar-refractivity contribution in [3.63, 3.8) is 0 Å². The van der Waals surface area contributed by atoms with Crippen LogP contribution < -0.4 is 10.6 Å². The predicted molar refractivity (Wildman–Crippen MR) is 85.5 cm³/mol. The standard InChI is InChI=1S/C15H27N5O/c1-5-16-14-9-8-13(18-19-14)15(21)17-10-6-7-11-20(4)12(2)3/h8-9,12H,5-7,10-11H2,1-4H3,(H,16,19)(H,17,21). The van der Waals surface area contributed by atoms with Gasteiger partial charge in [-0.25, -0.2) is 0 Å². The average molecular weight is 293 g/mol. The Morgan fingerprint density at radius 1 is 1.29 bits per heavy atom. The lowest BCUT2D eigenvalue weighted by Crippen LogP contribution is -2.29. The first kappa shape index (κ1) is 17.4. The van der Waals surface area contributed by atoms with Gasteiger partial charge in [0.25, 0.3) is 5.91 Å². The number of aromatic nitrogens is 2. The van der Waals surface area contributed by atoms with Gasteiger partial charge in [0.2, 0.25) is 0 Å². The van der Waals surface area contributed by atoms with Crippen molar-refractivity contribution < 1.29 is 4.79 Å². The van der Waals surface area contributed by atoms with Gasteiger partial charge >= 0.3 is 0 Å². The first-order valence-corrected chi connectivity index (χ1v) is 7.60. The highest BCUT2D eigenvalue weighted by Gasteiger charge is 2.07. The summed E-state index contributed by atoms with van der Waals surface area (Å²) in [6.07, 6.45) is 2.03. The Bertz CT molecular complexity index is 419. The van der Waals surface area contributed by atoms with E-state index in [0.717, 1.165) is 25.9 Å². The van der Waals surface area contributed by atoms with Gasteiger partial charge < -0.3 is 15.5 Å². The second-order valence-corrected chi connectivity index (χ2v) is 5.37. The maximum absolute atomic E-state index is 11.9. The molecule has 1 aromatic rings. The Morgan fingerprint density at radius 3 is 2.62 bits per heavy atom. The van der Waals surface area contributed by atoms with Crippen LogP contribution >= 0.6 is 0 Å². The quantitative estimate of drug-likeness (QED) is 0.679. The lowest BCUT2D eigenvalue weighted by molar-refractivity contribution is 0.0946. The molecule has 0 atom stereocenters. The SMILES string of the molecule is CCNc1ccc(C(=O)NCCCCN(C)C(C)C)nn1. The van der Waals surface area contributed by atoms with E-state index in [9.17, 15) is 4.79 Å². The monoisotopic (exact) mass is 293 g/mol. The predicted octanol–water partition coefficient (Wildman–Crippen LogP) is 1.76. The second kappa shape index (κ2) is 9.28. The van der Waals surface area contributed by atoms with Crippen molar-refractivity contribution in [2.45, 2.75) is 39.7 Å². The number of unbranched alkanes of at least 4 members (excludes halogenated alkanes) is 1. The highest BCUT2D eigenvalue weighted by atomic mass is 16.1. The molecule has 1 rings (SSSR count). The summed E-state index contributed by atoms with van der Waals surface area (Å²) < 4.78 is 0. The normalized spacial score (nSPS) is 11.0. The molecule has 0 spiro atoms. The minimum Gasteiger partial charge on any atom is -0.369 e. The average Bonchev–Trinajstić information content (AvgIpc) is 2.47. The third kappa shape index (κ3) is 6.53. The molecular formula is C15H27N5O. The van der Waals surface area contributed by atoms with Gasteiger partial charge in [-0.05, 0) is 59.3 Å². The Hall–Kier alpha value is -1.69. The molecule has 0 unspecified atom stereocenters. The fourth-order valence-electron chi connectivity index (χ4n) is 1.77. The van der Waals surface area contributed by atoms with Crippen molar-refractivity contribution in [3.05, 3.63) is 17.8 Å². The highest BCUT2D eigenvalue weighted by molar-refractivity contribution is 5.92. The fourth-order valence-corrected chi connectivity index (χ4v) is 1.77. The number of carbonyl (C=O) groups excluding carboxylic acids is 1. The summed E-state index contributed by atoms with van der Waals surface area (Å²) in [6.45, 7) is 8.84. The summed E-state index contributed by atoms with van der Waals surface area (Å²) in [5, 5.41) is 13.8. The van der Waals surface area contributed by atoms with Gasteiger partial charge in [-0.3, -0.25) is 4.79 Å². The van der Waals surface area contributed by atoms with Gasteiger partial charge in [-0.1, -0.05) is 0 Å². The fraction of sp³-hybridized carbons (Fsp3) is 0.667. The van der Waals surface area contributed by atoms with Gasteiger partial charge in [-0.15, -0.1) is 10.2 Å². The van der Waals surface area contributed by atoms with Crippen LogP contribution in [0.1, 0.15) is 44.1 Å². The molecular weight excluding hydrogens is 266 g/mol. The van der Waals surface area contributed by atoms with E-state index >= 15 is 0 Å². The van der Waals surface area contributed by atoms with Crippen LogP contribution in [0.2, 0.25) is 0 Å². The van der Waals surface area contributed by atoms with Gasteiger partial charge in [0.15, 0.2) is 5.69 Å². The molecule has 6 heteroatoms. The molecule has 0 aliphatic heterocycles. The molecule has 1 amide bonds. The largest absolute Gasteiger partial charge is 0.369 e. The maximum Gasteiger partial charge on any atom is 0.271 e. The van der Waals surface area contributed by atoms with Crippen LogP contribution in [0.4, 0.5) is 5.82 Å². The number of hydrogen-bond donors (Lipinski definition) is 2. The van der Waals surface area contributed by atoms with E-state index < -0.39 is 0 Å². The van der Waals surface area contributed by atoms with Crippen LogP contribution in [-0.4, -0.2) is 53.7 Å². The van der Waals surface area contributed by atoms with Gasteiger partial charge in [0.05, 0.1) is 0 Å². The van der Waals surface area contributed by atoms with E-state index in [0.29, 0.717) is 24.1 Å². The lowest BCUT2D eigenvalue weighted by Gasteiger charge is -2.20. The number of rotatable bonds is 9. The second-order valence-electron chi connectivity index (χ2n) is 5.37. The number of anilines is 1. The maximum atomic E-state index is 11.9. The number of amides is 1. The third-order valence-corrected chi connectivity index (χ3v) is 3.36. The van der Waals surface area contributed by atoms with Crippen LogP contribution in [0.5, 0.6) is 0 Å². The summed E-state index contributed by atoms with van der Waals surface area (Å²) in [7, 11) is 2.12. The molecule has 0 aliphatic carbocycles. The molecule has 0 saturated carbocycles. The molecule has 1 heterocycles. The topological polar surface area (TPSA) is 70.2 Å². The van der Waals surface area contributed by atoms with E-state index in [4.69, 9.17) is 0 Å². The summed E-state index contributed by atoms with van der Waals surface area (Å²) in [4.78, 5) is 14.2. The zero-order valence-corrected chi connectivity index (χ0v) is 13.5. The van der Waals surface area contributed by atoms with Crippen molar-refractivity contribution in [3.8, 4) is 0 Å². The number of hydrogen-bond acceptors (Lipinski definition) is 5. The van der Waals surface area contributed by atoms with E-state index in [1.54, 1.807) is 12.1 Å². The minimum atomic E-state index is -0.164. The van der Waals surface area contributed by atoms with E-state index in [2.05, 4.69) is 46.6 Å². The number of nitrogens with one attached hydrogen (secondary N) is 2. The molecule has 2 N–H and O–H groups in total.